The fraction of sp³-hybridized carbons (Fsp3) is 0.118. The van der Waals surface area contributed by atoms with Crippen molar-refractivity contribution < 1.29 is 23.6 Å². The van der Waals surface area contributed by atoms with E-state index in [-0.39, 0.29) is 22.4 Å². The topological polar surface area (TPSA) is 154 Å². The molecule has 0 fully saturated rings. The molecule has 156 valence electrons. The predicted molar refractivity (Wildman–Crippen MR) is 106 cm³/mol. The van der Waals surface area contributed by atoms with Crippen molar-refractivity contribution >= 4 is 40.5 Å². The zero-order valence-electron chi connectivity index (χ0n) is 15.6. The maximum atomic E-state index is 12.0. The van der Waals surface area contributed by atoms with Crippen LogP contribution < -0.4 is 25.6 Å². The second-order valence-electron chi connectivity index (χ2n) is 5.55. The number of hydrazine groups is 1. The summed E-state index contributed by atoms with van der Waals surface area (Å²) in [5.74, 6) is -0.384. The summed E-state index contributed by atoms with van der Waals surface area (Å²) in [5.41, 5.74) is 4.44. The number of furan rings is 1. The maximum absolute atomic E-state index is 12.0. The minimum atomic E-state index is -0.707. The number of ether oxygens (including phenoxy) is 2. The van der Waals surface area contributed by atoms with Gasteiger partial charge in [0.1, 0.15) is 17.8 Å². The first-order valence-corrected chi connectivity index (χ1v) is 8.60. The van der Waals surface area contributed by atoms with Crippen molar-refractivity contribution in [3.05, 3.63) is 57.8 Å². The lowest BCUT2D eigenvalue weighted by Gasteiger charge is -2.14. The van der Waals surface area contributed by atoms with Crippen LogP contribution in [0.4, 0.5) is 23.0 Å². The van der Waals surface area contributed by atoms with Crippen LogP contribution in [-0.2, 0) is 0 Å². The lowest BCUT2D eigenvalue weighted by Crippen LogP contribution is -2.30. The average Bonchev–Trinajstić information content (AvgIpc) is 3.27. The Hall–Kier alpha value is -4.06. The van der Waals surface area contributed by atoms with E-state index >= 15 is 0 Å². The highest BCUT2D eigenvalue weighted by atomic mass is 35.5. The predicted octanol–water partition coefficient (Wildman–Crippen LogP) is 3.15. The van der Waals surface area contributed by atoms with Gasteiger partial charge in [-0.2, -0.15) is 0 Å². The normalized spacial score (nSPS) is 10.2. The van der Waals surface area contributed by atoms with Gasteiger partial charge in [0.15, 0.2) is 5.76 Å². The molecule has 0 saturated carbocycles. The Labute approximate surface area is 174 Å². The molecule has 0 aliphatic heterocycles. The molecule has 0 spiro atoms. The standard InChI is InChI=1S/C17H15ClN6O6/c1-28-12-7-13(29-2)10(6-9(12)18)21-15-14(24(26)27)16(20-8-19-15)22-23-17(25)11-4-3-5-30-11/h3-8H,1-2H3,(H,23,25)(H2,19,20,21,22). The van der Waals surface area contributed by atoms with Crippen LogP contribution in [0, 0.1) is 10.1 Å². The van der Waals surface area contributed by atoms with Crippen LogP contribution in [-0.4, -0.2) is 35.0 Å². The molecular formula is C17H15ClN6O6. The number of carbonyl (C=O) groups excluding carboxylic acids is 1. The number of halogens is 1. The van der Waals surface area contributed by atoms with E-state index in [4.69, 9.17) is 25.5 Å². The first kappa shape index (κ1) is 20.7. The number of hydrogen-bond donors (Lipinski definition) is 3. The third kappa shape index (κ3) is 4.33. The molecule has 3 rings (SSSR count). The Balaban J connectivity index is 1.91. The molecule has 0 aliphatic rings. The summed E-state index contributed by atoms with van der Waals surface area (Å²) in [5, 5.41) is 14.7. The van der Waals surface area contributed by atoms with Gasteiger partial charge < -0.3 is 19.2 Å². The maximum Gasteiger partial charge on any atom is 0.355 e. The number of rotatable bonds is 8. The first-order valence-electron chi connectivity index (χ1n) is 8.22. The Bertz CT molecular complexity index is 1070. The zero-order valence-corrected chi connectivity index (χ0v) is 16.4. The third-order valence-corrected chi connectivity index (χ3v) is 4.07. The summed E-state index contributed by atoms with van der Waals surface area (Å²) < 4.78 is 15.3. The van der Waals surface area contributed by atoms with Gasteiger partial charge in [0.05, 0.1) is 36.1 Å². The fourth-order valence-electron chi connectivity index (χ4n) is 2.41. The van der Waals surface area contributed by atoms with Crippen LogP contribution >= 0.6 is 11.6 Å². The van der Waals surface area contributed by atoms with Gasteiger partial charge in [-0.3, -0.25) is 25.8 Å². The monoisotopic (exact) mass is 434 g/mol. The van der Waals surface area contributed by atoms with Crippen LogP contribution in [0.25, 0.3) is 0 Å². The smallest absolute Gasteiger partial charge is 0.355 e. The molecule has 0 aliphatic carbocycles. The van der Waals surface area contributed by atoms with Crippen LogP contribution in [0.5, 0.6) is 11.5 Å². The molecule has 3 N–H and O–H groups in total. The molecule has 30 heavy (non-hydrogen) atoms. The number of carbonyl (C=O) groups is 1. The van der Waals surface area contributed by atoms with Gasteiger partial charge in [-0.15, -0.1) is 0 Å². The highest BCUT2D eigenvalue weighted by molar-refractivity contribution is 6.32. The van der Waals surface area contributed by atoms with Crippen LogP contribution in [0.1, 0.15) is 10.6 Å². The Kier molecular flexibility index (Phi) is 6.17. The minimum Gasteiger partial charge on any atom is -0.495 e. The van der Waals surface area contributed by atoms with Crippen molar-refractivity contribution in [1.82, 2.24) is 15.4 Å². The summed E-state index contributed by atoms with van der Waals surface area (Å²) in [4.78, 5) is 30.7. The molecule has 0 bridgehead atoms. The van der Waals surface area contributed by atoms with Gasteiger partial charge in [0.2, 0.25) is 11.6 Å². The number of nitrogens with zero attached hydrogens (tertiary/aromatic N) is 3. The van der Waals surface area contributed by atoms with Crippen LogP contribution in [0.2, 0.25) is 5.02 Å². The number of methoxy groups -OCH3 is 2. The zero-order chi connectivity index (χ0) is 21.7. The molecule has 1 amide bonds. The minimum absolute atomic E-state index is 0.00942. The summed E-state index contributed by atoms with van der Waals surface area (Å²) in [7, 11) is 2.86. The molecule has 0 atom stereocenters. The fourth-order valence-corrected chi connectivity index (χ4v) is 2.65. The Morgan fingerprint density at radius 3 is 2.57 bits per heavy atom. The summed E-state index contributed by atoms with van der Waals surface area (Å²) in [6.07, 6.45) is 2.39. The van der Waals surface area contributed by atoms with Gasteiger partial charge in [0.25, 0.3) is 0 Å². The second kappa shape index (κ2) is 8.96. The molecule has 12 nitrogen and oxygen atoms in total. The van der Waals surface area contributed by atoms with E-state index in [0.29, 0.717) is 17.2 Å². The number of nitrogens with one attached hydrogen (secondary N) is 3. The van der Waals surface area contributed by atoms with E-state index in [0.717, 1.165) is 6.33 Å². The molecule has 0 saturated heterocycles. The van der Waals surface area contributed by atoms with Crippen LogP contribution in [0.3, 0.4) is 0 Å². The number of anilines is 3. The van der Waals surface area contributed by atoms with Gasteiger partial charge in [0, 0.05) is 6.07 Å². The lowest BCUT2D eigenvalue weighted by atomic mass is 10.2. The molecule has 13 heteroatoms. The van der Waals surface area contributed by atoms with E-state index in [1.807, 2.05) is 0 Å². The highest BCUT2D eigenvalue weighted by Gasteiger charge is 2.25. The molecule has 0 radical (unpaired) electrons. The SMILES string of the molecule is COc1cc(OC)c(Nc2ncnc(NNC(=O)c3ccco3)c2[N+](=O)[O-])cc1Cl. The van der Waals surface area contributed by atoms with E-state index in [1.54, 1.807) is 0 Å². The van der Waals surface area contributed by atoms with E-state index in [9.17, 15) is 14.9 Å². The van der Waals surface area contributed by atoms with Crippen molar-refractivity contribution in [3.8, 4) is 11.5 Å². The largest absolute Gasteiger partial charge is 0.495 e. The van der Waals surface area contributed by atoms with Gasteiger partial charge >= 0.3 is 11.6 Å². The van der Waals surface area contributed by atoms with Crippen molar-refractivity contribution in [2.45, 2.75) is 0 Å². The first-order chi connectivity index (χ1) is 14.4. The molecule has 2 heterocycles. The van der Waals surface area contributed by atoms with E-state index in [1.165, 1.54) is 44.7 Å². The number of hydrogen-bond acceptors (Lipinski definition) is 10. The van der Waals surface area contributed by atoms with Crippen molar-refractivity contribution in [2.24, 2.45) is 0 Å². The summed E-state index contributed by atoms with van der Waals surface area (Å²) in [6.45, 7) is 0. The Morgan fingerprint density at radius 2 is 1.93 bits per heavy atom. The number of aromatic nitrogens is 2. The second-order valence-corrected chi connectivity index (χ2v) is 5.95. The quantitative estimate of drug-likeness (QED) is 0.355. The van der Waals surface area contributed by atoms with Crippen molar-refractivity contribution in [2.75, 3.05) is 25.0 Å². The van der Waals surface area contributed by atoms with Gasteiger partial charge in [-0.05, 0) is 18.2 Å². The summed E-state index contributed by atoms with van der Waals surface area (Å²) in [6, 6.07) is 5.94. The molecule has 1 aromatic carbocycles. The van der Waals surface area contributed by atoms with Crippen LogP contribution in [0.15, 0.2) is 41.3 Å². The Morgan fingerprint density at radius 1 is 1.20 bits per heavy atom. The third-order valence-electron chi connectivity index (χ3n) is 3.77. The van der Waals surface area contributed by atoms with Gasteiger partial charge in [-0.25, -0.2) is 9.97 Å². The number of benzene rings is 1. The molecule has 3 aromatic rings. The van der Waals surface area contributed by atoms with E-state index in [2.05, 4.69) is 26.1 Å². The molecule has 2 aromatic heterocycles. The molecule has 0 unspecified atom stereocenters. The highest BCUT2D eigenvalue weighted by Crippen LogP contribution is 2.39. The van der Waals surface area contributed by atoms with Crippen molar-refractivity contribution in [3.63, 3.8) is 0 Å². The molecular weight excluding hydrogens is 420 g/mol. The lowest BCUT2D eigenvalue weighted by molar-refractivity contribution is -0.383. The van der Waals surface area contributed by atoms with Gasteiger partial charge in [-0.1, -0.05) is 11.6 Å². The number of amides is 1. The average molecular weight is 435 g/mol. The van der Waals surface area contributed by atoms with Crippen molar-refractivity contribution in [1.29, 1.82) is 0 Å². The van der Waals surface area contributed by atoms with E-state index < -0.39 is 16.5 Å². The summed E-state index contributed by atoms with van der Waals surface area (Å²) >= 11 is 6.14. The number of nitro groups is 1.